The first kappa shape index (κ1) is 15.8. The number of rotatable bonds is 4. The molecule has 1 heterocycles. The molecule has 23 heavy (non-hydrogen) atoms. The molecule has 0 N–H and O–H groups in total. The van der Waals surface area contributed by atoms with Crippen molar-refractivity contribution < 1.29 is 4.42 Å². The zero-order valence-corrected chi connectivity index (χ0v) is 14.4. The van der Waals surface area contributed by atoms with Crippen LogP contribution < -0.4 is 0 Å². The lowest BCUT2D eigenvalue weighted by atomic mass is 9.87. The van der Waals surface area contributed by atoms with Crippen LogP contribution in [-0.4, -0.2) is 10.2 Å². The van der Waals surface area contributed by atoms with Gasteiger partial charge in [0.25, 0.3) is 5.22 Å². The summed E-state index contributed by atoms with van der Waals surface area (Å²) >= 11 is 1.56. The van der Waals surface area contributed by atoms with Gasteiger partial charge < -0.3 is 4.42 Å². The molecule has 0 amide bonds. The van der Waals surface area contributed by atoms with E-state index in [-0.39, 0.29) is 5.41 Å². The third-order valence-corrected chi connectivity index (χ3v) is 4.50. The van der Waals surface area contributed by atoms with E-state index in [1.165, 1.54) is 11.1 Å². The van der Waals surface area contributed by atoms with Gasteiger partial charge in [0.1, 0.15) is 0 Å². The first-order chi connectivity index (χ1) is 11.0. The second-order valence-corrected chi connectivity index (χ2v) is 7.40. The number of benzene rings is 2. The van der Waals surface area contributed by atoms with Crippen molar-refractivity contribution in [2.75, 3.05) is 0 Å². The van der Waals surface area contributed by atoms with Crippen LogP contribution in [0.1, 0.15) is 31.9 Å². The summed E-state index contributed by atoms with van der Waals surface area (Å²) in [5.41, 5.74) is 3.72. The van der Waals surface area contributed by atoms with Gasteiger partial charge in [0.15, 0.2) is 0 Å². The van der Waals surface area contributed by atoms with Crippen molar-refractivity contribution in [3.63, 3.8) is 0 Å². The van der Waals surface area contributed by atoms with Crippen LogP contribution in [0.3, 0.4) is 0 Å². The zero-order chi connectivity index (χ0) is 16.3. The van der Waals surface area contributed by atoms with E-state index in [9.17, 15) is 0 Å². The van der Waals surface area contributed by atoms with Gasteiger partial charge in [-0.3, -0.25) is 0 Å². The van der Waals surface area contributed by atoms with Crippen LogP contribution in [0.25, 0.3) is 11.5 Å². The maximum atomic E-state index is 5.71. The Morgan fingerprint density at radius 1 is 0.913 bits per heavy atom. The molecule has 3 aromatic rings. The molecule has 0 fully saturated rings. The van der Waals surface area contributed by atoms with Crippen molar-refractivity contribution in [1.82, 2.24) is 10.2 Å². The smallest absolute Gasteiger partial charge is 0.277 e. The van der Waals surface area contributed by atoms with Crippen LogP contribution in [0.15, 0.2) is 64.2 Å². The molecule has 0 saturated heterocycles. The van der Waals surface area contributed by atoms with E-state index in [0.717, 1.165) is 11.3 Å². The first-order valence-electron chi connectivity index (χ1n) is 7.63. The lowest BCUT2D eigenvalue weighted by Crippen LogP contribution is -2.10. The molecular formula is C19H20N2OS. The van der Waals surface area contributed by atoms with Crippen LogP contribution in [0.5, 0.6) is 0 Å². The molecule has 0 spiro atoms. The second-order valence-electron chi connectivity index (χ2n) is 6.47. The molecule has 0 radical (unpaired) electrons. The van der Waals surface area contributed by atoms with Crippen molar-refractivity contribution in [1.29, 1.82) is 0 Å². The van der Waals surface area contributed by atoms with Crippen LogP contribution in [0, 0.1) is 0 Å². The molecule has 0 aliphatic carbocycles. The van der Waals surface area contributed by atoms with E-state index < -0.39 is 0 Å². The summed E-state index contributed by atoms with van der Waals surface area (Å²) in [6.07, 6.45) is 0. The highest BCUT2D eigenvalue weighted by molar-refractivity contribution is 7.98. The molecule has 0 atom stereocenters. The van der Waals surface area contributed by atoms with Gasteiger partial charge in [-0.2, -0.15) is 0 Å². The first-order valence-corrected chi connectivity index (χ1v) is 8.62. The normalized spacial score (nSPS) is 11.6. The van der Waals surface area contributed by atoms with Crippen LogP contribution >= 0.6 is 11.8 Å². The number of aromatic nitrogens is 2. The fourth-order valence-electron chi connectivity index (χ4n) is 2.21. The number of hydrogen-bond donors (Lipinski definition) is 0. The Balaban J connectivity index is 1.64. The lowest BCUT2D eigenvalue weighted by Gasteiger charge is -2.19. The van der Waals surface area contributed by atoms with Gasteiger partial charge >= 0.3 is 0 Å². The van der Waals surface area contributed by atoms with Crippen LogP contribution in [0.4, 0.5) is 0 Å². The highest BCUT2D eigenvalue weighted by Crippen LogP contribution is 2.27. The zero-order valence-electron chi connectivity index (χ0n) is 13.6. The fraction of sp³-hybridized carbons (Fsp3) is 0.263. The summed E-state index contributed by atoms with van der Waals surface area (Å²) in [7, 11) is 0. The van der Waals surface area contributed by atoms with Gasteiger partial charge in [-0.1, -0.05) is 75.0 Å². The van der Waals surface area contributed by atoms with Crippen molar-refractivity contribution >= 4 is 11.8 Å². The Morgan fingerprint density at radius 3 is 2.26 bits per heavy atom. The highest BCUT2D eigenvalue weighted by atomic mass is 32.2. The molecule has 0 saturated carbocycles. The van der Waals surface area contributed by atoms with Gasteiger partial charge in [0, 0.05) is 11.3 Å². The summed E-state index contributed by atoms with van der Waals surface area (Å²) in [6, 6.07) is 18.5. The van der Waals surface area contributed by atoms with E-state index in [1.54, 1.807) is 11.8 Å². The molecule has 0 bridgehead atoms. The molecule has 3 rings (SSSR count). The number of thioether (sulfide) groups is 1. The minimum absolute atomic E-state index is 0.183. The summed E-state index contributed by atoms with van der Waals surface area (Å²) < 4.78 is 5.71. The van der Waals surface area contributed by atoms with Gasteiger partial charge in [0.05, 0.1) is 0 Å². The quantitative estimate of drug-likeness (QED) is 0.608. The second kappa shape index (κ2) is 6.59. The molecule has 2 aromatic carbocycles. The van der Waals surface area contributed by atoms with Crippen molar-refractivity contribution in [2.45, 2.75) is 37.2 Å². The molecule has 3 nitrogen and oxygen atoms in total. The molecule has 0 unspecified atom stereocenters. The van der Waals surface area contributed by atoms with E-state index in [1.807, 2.05) is 30.3 Å². The maximum absolute atomic E-state index is 5.71. The van der Waals surface area contributed by atoms with E-state index >= 15 is 0 Å². The predicted molar refractivity (Wildman–Crippen MR) is 94.4 cm³/mol. The molecule has 1 aromatic heterocycles. The van der Waals surface area contributed by atoms with Crippen LogP contribution in [-0.2, 0) is 11.2 Å². The van der Waals surface area contributed by atoms with Gasteiger partial charge in [-0.15, -0.1) is 10.2 Å². The topological polar surface area (TPSA) is 38.9 Å². The lowest BCUT2D eigenvalue weighted by molar-refractivity contribution is 0.466. The van der Waals surface area contributed by atoms with Crippen molar-refractivity contribution in [3.05, 3.63) is 65.7 Å². The number of nitrogens with zero attached hydrogens (tertiary/aromatic N) is 2. The molecule has 0 aliphatic rings. The molecule has 118 valence electrons. The summed E-state index contributed by atoms with van der Waals surface area (Å²) in [5.74, 6) is 1.39. The van der Waals surface area contributed by atoms with E-state index in [4.69, 9.17) is 4.42 Å². The van der Waals surface area contributed by atoms with Crippen molar-refractivity contribution in [3.8, 4) is 11.5 Å². The minimum atomic E-state index is 0.183. The van der Waals surface area contributed by atoms with Gasteiger partial charge in [0.2, 0.25) is 5.89 Å². The average molecular weight is 324 g/mol. The number of hydrogen-bond acceptors (Lipinski definition) is 4. The third-order valence-electron chi connectivity index (χ3n) is 3.61. The summed E-state index contributed by atoms with van der Waals surface area (Å²) in [4.78, 5) is 0. The van der Waals surface area contributed by atoms with Gasteiger partial charge in [-0.25, -0.2) is 0 Å². The summed E-state index contributed by atoms with van der Waals surface area (Å²) in [6.45, 7) is 6.67. The average Bonchev–Trinajstić information content (AvgIpc) is 3.02. The van der Waals surface area contributed by atoms with E-state index in [0.29, 0.717) is 11.1 Å². The van der Waals surface area contributed by atoms with Gasteiger partial charge in [-0.05, 0) is 28.7 Å². The minimum Gasteiger partial charge on any atom is -0.411 e. The SMILES string of the molecule is CC(C)(C)c1ccc(CSc2nnc(-c3ccccc3)o2)cc1. The maximum Gasteiger partial charge on any atom is 0.277 e. The Kier molecular flexibility index (Phi) is 4.53. The Morgan fingerprint density at radius 2 is 1.61 bits per heavy atom. The summed E-state index contributed by atoms with van der Waals surface area (Å²) in [5, 5.41) is 8.82. The highest BCUT2D eigenvalue weighted by Gasteiger charge is 2.13. The van der Waals surface area contributed by atoms with E-state index in [2.05, 4.69) is 55.2 Å². The molecular weight excluding hydrogens is 304 g/mol. The Hall–Kier alpha value is -2.07. The predicted octanol–water partition coefficient (Wildman–Crippen LogP) is 5.33. The largest absolute Gasteiger partial charge is 0.411 e. The molecule has 4 heteroatoms. The Bertz CT molecular complexity index is 758. The molecule has 0 aliphatic heterocycles. The fourth-order valence-corrected chi connectivity index (χ4v) is 2.93. The monoisotopic (exact) mass is 324 g/mol. The van der Waals surface area contributed by atoms with Crippen LogP contribution in [0.2, 0.25) is 0 Å². The Labute approximate surface area is 141 Å². The van der Waals surface area contributed by atoms with Crippen molar-refractivity contribution in [2.24, 2.45) is 0 Å². The standard InChI is InChI=1S/C19H20N2OS/c1-19(2,3)16-11-9-14(10-12-16)13-23-18-21-20-17(22-18)15-7-5-4-6-8-15/h4-12H,13H2,1-3H3. The third kappa shape index (κ3) is 4.02.